The van der Waals surface area contributed by atoms with Gasteiger partial charge in [-0.1, -0.05) is 30.3 Å². The van der Waals surface area contributed by atoms with Crippen LogP contribution in [0.15, 0.2) is 30.3 Å². The molecule has 3 atom stereocenters. The number of rotatable bonds is 4. The molecule has 114 valence electrons. The number of carbonyl (C=O) groups is 1. The van der Waals surface area contributed by atoms with Crippen LogP contribution in [0.1, 0.15) is 38.2 Å². The second-order valence-corrected chi connectivity index (χ2v) is 6.51. The molecule has 2 aliphatic heterocycles. The SMILES string of the molecule is C[C@@H](N)C(=O)NC1CC2CCC(C1)N2Cc1ccccc1. The zero-order valence-corrected chi connectivity index (χ0v) is 12.7. The monoisotopic (exact) mass is 287 g/mol. The molecule has 2 heterocycles. The number of nitrogens with one attached hydrogen (secondary N) is 1. The lowest BCUT2D eigenvalue weighted by atomic mass is 9.96. The van der Waals surface area contributed by atoms with Crippen LogP contribution in [-0.2, 0) is 11.3 Å². The molecule has 0 aromatic heterocycles. The Bertz CT molecular complexity index is 474. The van der Waals surface area contributed by atoms with Gasteiger partial charge in [0.25, 0.3) is 0 Å². The summed E-state index contributed by atoms with van der Waals surface area (Å²) in [6.07, 6.45) is 4.62. The number of benzene rings is 1. The van der Waals surface area contributed by atoms with Crippen LogP contribution < -0.4 is 11.1 Å². The van der Waals surface area contributed by atoms with Crippen molar-refractivity contribution in [2.45, 2.75) is 63.3 Å². The molecule has 1 aromatic carbocycles. The van der Waals surface area contributed by atoms with E-state index < -0.39 is 6.04 Å². The van der Waals surface area contributed by atoms with Gasteiger partial charge in [0, 0.05) is 24.7 Å². The predicted molar refractivity (Wildman–Crippen MR) is 83.6 cm³/mol. The summed E-state index contributed by atoms with van der Waals surface area (Å²) in [6.45, 7) is 2.78. The molecule has 1 aromatic rings. The fraction of sp³-hybridized carbons (Fsp3) is 0.588. The number of nitrogens with two attached hydrogens (primary N) is 1. The molecule has 3 rings (SSSR count). The molecule has 1 amide bonds. The number of carbonyl (C=O) groups excluding carboxylic acids is 1. The minimum Gasteiger partial charge on any atom is -0.352 e. The summed E-state index contributed by atoms with van der Waals surface area (Å²) in [5, 5.41) is 3.11. The fourth-order valence-electron chi connectivity index (χ4n) is 3.78. The van der Waals surface area contributed by atoms with Crippen LogP contribution in [0.4, 0.5) is 0 Å². The average Bonchev–Trinajstić information content (AvgIpc) is 2.71. The highest BCUT2D eigenvalue weighted by atomic mass is 16.2. The van der Waals surface area contributed by atoms with Gasteiger partial charge in [-0.25, -0.2) is 0 Å². The number of fused-ring (bicyclic) bond motifs is 2. The average molecular weight is 287 g/mol. The number of nitrogens with zero attached hydrogens (tertiary/aromatic N) is 1. The quantitative estimate of drug-likeness (QED) is 0.885. The highest BCUT2D eigenvalue weighted by Crippen LogP contribution is 2.36. The third kappa shape index (κ3) is 3.27. The van der Waals surface area contributed by atoms with E-state index in [1.165, 1.54) is 18.4 Å². The third-order valence-corrected chi connectivity index (χ3v) is 4.85. The lowest BCUT2D eigenvalue weighted by molar-refractivity contribution is -0.123. The van der Waals surface area contributed by atoms with Crippen molar-refractivity contribution in [3.8, 4) is 0 Å². The van der Waals surface area contributed by atoms with Crippen LogP contribution in [-0.4, -0.2) is 35.0 Å². The van der Waals surface area contributed by atoms with Crippen LogP contribution in [0.25, 0.3) is 0 Å². The van der Waals surface area contributed by atoms with Gasteiger partial charge in [0.2, 0.25) is 5.91 Å². The lowest BCUT2D eigenvalue weighted by Crippen LogP contribution is -2.52. The first-order valence-electron chi connectivity index (χ1n) is 7.99. The van der Waals surface area contributed by atoms with Crippen molar-refractivity contribution in [3.05, 3.63) is 35.9 Å². The molecule has 4 nitrogen and oxygen atoms in total. The van der Waals surface area contributed by atoms with Crippen molar-refractivity contribution in [2.75, 3.05) is 0 Å². The molecular formula is C17H25N3O. The van der Waals surface area contributed by atoms with Crippen molar-refractivity contribution < 1.29 is 4.79 Å². The largest absolute Gasteiger partial charge is 0.352 e. The normalized spacial score (nSPS) is 30.1. The van der Waals surface area contributed by atoms with Crippen LogP contribution in [0, 0.1) is 0 Å². The van der Waals surface area contributed by atoms with Crippen molar-refractivity contribution in [3.63, 3.8) is 0 Å². The van der Waals surface area contributed by atoms with Crippen LogP contribution >= 0.6 is 0 Å². The Labute approximate surface area is 126 Å². The maximum atomic E-state index is 11.8. The number of hydrogen-bond donors (Lipinski definition) is 2. The summed E-state index contributed by atoms with van der Waals surface area (Å²) in [6, 6.07) is 11.8. The summed E-state index contributed by atoms with van der Waals surface area (Å²) in [5.41, 5.74) is 7.03. The van der Waals surface area contributed by atoms with Gasteiger partial charge in [-0.2, -0.15) is 0 Å². The third-order valence-electron chi connectivity index (χ3n) is 4.85. The topological polar surface area (TPSA) is 58.4 Å². The smallest absolute Gasteiger partial charge is 0.236 e. The van der Waals surface area contributed by atoms with Crippen molar-refractivity contribution in [2.24, 2.45) is 5.73 Å². The molecule has 0 saturated carbocycles. The van der Waals surface area contributed by atoms with E-state index in [0.29, 0.717) is 18.1 Å². The van der Waals surface area contributed by atoms with Crippen molar-refractivity contribution in [1.82, 2.24) is 10.2 Å². The zero-order valence-electron chi connectivity index (χ0n) is 12.7. The van der Waals surface area contributed by atoms with Crippen LogP contribution in [0.2, 0.25) is 0 Å². The van der Waals surface area contributed by atoms with Crippen molar-refractivity contribution >= 4 is 5.91 Å². The summed E-state index contributed by atoms with van der Waals surface area (Å²) in [4.78, 5) is 14.4. The second-order valence-electron chi connectivity index (χ2n) is 6.51. The summed E-state index contributed by atoms with van der Waals surface area (Å²) in [7, 11) is 0. The fourth-order valence-corrected chi connectivity index (χ4v) is 3.78. The minimum absolute atomic E-state index is 0.0177. The summed E-state index contributed by atoms with van der Waals surface area (Å²) in [5.74, 6) is -0.0177. The van der Waals surface area contributed by atoms with E-state index in [9.17, 15) is 4.79 Å². The standard InChI is InChI=1S/C17H25N3O/c1-12(18)17(21)19-14-9-15-7-8-16(10-14)20(15)11-13-5-3-2-4-6-13/h2-6,12,14-16H,7-11,18H2,1H3,(H,19,21)/t12-,14?,15?,16?/m1/s1. The van der Waals surface area contributed by atoms with Gasteiger partial charge >= 0.3 is 0 Å². The second kappa shape index (κ2) is 6.16. The number of amides is 1. The first kappa shape index (κ1) is 14.5. The summed E-state index contributed by atoms with van der Waals surface area (Å²) < 4.78 is 0. The maximum absolute atomic E-state index is 11.8. The van der Waals surface area contributed by atoms with E-state index in [2.05, 4.69) is 40.5 Å². The Hall–Kier alpha value is -1.39. The molecule has 2 aliphatic rings. The van der Waals surface area contributed by atoms with E-state index in [-0.39, 0.29) is 5.91 Å². The lowest BCUT2D eigenvalue weighted by Gasteiger charge is -2.39. The first-order chi connectivity index (χ1) is 10.1. The van der Waals surface area contributed by atoms with Gasteiger partial charge in [-0.15, -0.1) is 0 Å². The van der Waals surface area contributed by atoms with Gasteiger partial charge in [0.1, 0.15) is 0 Å². The van der Waals surface area contributed by atoms with E-state index in [4.69, 9.17) is 5.73 Å². The zero-order chi connectivity index (χ0) is 14.8. The molecule has 3 N–H and O–H groups in total. The van der Waals surface area contributed by atoms with E-state index in [1.54, 1.807) is 6.92 Å². The van der Waals surface area contributed by atoms with Crippen LogP contribution in [0.5, 0.6) is 0 Å². The van der Waals surface area contributed by atoms with Gasteiger partial charge < -0.3 is 11.1 Å². The Morgan fingerprint density at radius 1 is 1.29 bits per heavy atom. The van der Waals surface area contributed by atoms with Gasteiger partial charge in [0.15, 0.2) is 0 Å². The Morgan fingerprint density at radius 2 is 1.90 bits per heavy atom. The first-order valence-corrected chi connectivity index (χ1v) is 7.99. The highest BCUT2D eigenvalue weighted by molar-refractivity contribution is 5.81. The van der Waals surface area contributed by atoms with E-state index in [0.717, 1.165) is 19.4 Å². The molecule has 2 bridgehead atoms. The predicted octanol–water partition coefficient (Wildman–Crippen LogP) is 1.65. The molecule has 0 radical (unpaired) electrons. The number of piperidine rings is 1. The van der Waals surface area contributed by atoms with E-state index in [1.807, 2.05) is 0 Å². The molecule has 0 spiro atoms. The molecular weight excluding hydrogens is 262 g/mol. The molecule has 2 unspecified atom stereocenters. The Morgan fingerprint density at radius 3 is 2.48 bits per heavy atom. The number of hydrogen-bond acceptors (Lipinski definition) is 3. The maximum Gasteiger partial charge on any atom is 0.236 e. The van der Waals surface area contributed by atoms with Gasteiger partial charge in [-0.05, 0) is 38.2 Å². The minimum atomic E-state index is -0.412. The molecule has 2 fully saturated rings. The van der Waals surface area contributed by atoms with Crippen molar-refractivity contribution in [1.29, 1.82) is 0 Å². The summed E-state index contributed by atoms with van der Waals surface area (Å²) >= 11 is 0. The molecule has 21 heavy (non-hydrogen) atoms. The van der Waals surface area contributed by atoms with E-state index >= 15 is 0 Å². The Balaban J connectivity index is 1.61. The van der Waals surface area contributed by atoms with Crippen LogP contribution in [0.3, 0.4) is 0 Å². The van der Waals surface area contributed by atoms with Gasteiger partial charge in [-0.3, -0.25) is 9.69 Å². The molecule has 4 heteroatoms. The Kier molecular flexibility index (Phi) is 4.27. The highest BCUT2D eigenvalue weighted by Gasteiger charge is 2.40. The van der Waals surface area contributed by atoms with Gasteiger partial charge in [0.05, 0.1) is 6.04 Å². The molecule has 2 saturated heterocycles. The molecule has 0 aliphatic carbocycles.